The van der Waals surface area contributed by atoms with E-state index >= 15 is 0 Å². The highest BCUT2D eigenvalue weighted by atomic mass is 35.5. The van der Waals surface area contributed by atoms with Crippen LogP contribution in [0.4, 0.5) is 13.2 Å². The van der Waals surface area contributed by atoms with Crippen LogP contribution in [0, 0.1) is 5.92 Å². The lowest BCUT2D eigenvalue weighted by Crippen LogP contribution is -2.31. The van der Waals surface area contributed by atoms with Crippen molar-refractivity contribution in [3.63, 3.8) is 0 Å². The van der Waals surface area contributed by atoms with Gasteiger partial charge in [-0.25, -0.2) is 0 Å². The second-order valence-electron chi connectivity index (χ2n) is 4.52. The first-order valence-electron chi connectivity index (χ1n) is 6.04. The van der Waals surface area contributed by atoms with Crippen molar-refractivity contribution in [3.05, 3.63) is 29.8 Å². The van der Waals surface area contributed by atoms with Crippen molar-refractivity contribution in [1.29, 1.82) is 0 Å². The number of halogens is 4. The van der Waals surface area contributed by atoms with Crippen LogP contribution in [-0.4, -0.2) is 16.7 Å². The van der Waals surface area contributed by atoms with E-state index in [9.17, 15) is 18.3 Å². The summed E-state index contributed by atoms with van der Waals surface area (Å²) < 4.78 is 36.5. The summed E-state index contributed by atoms with van der Waals surface area (Å²) in [6, 6.07) is 5.22. The van der Waals surface area contributed by atoms with Gasteiger partial charge in [-0.15, -0.1) is 12.4 Å². The predicted molar refractivity (Wildman–Crippen MR) is 78.0 cm³/mol. The third kappa shape index (κ3) is 5.91. The van der Waals surface area contributed by atoms with E-state index in [1.165, 1.54) is 24.3 Å². The van der Waals surface area contributed by atoms with Crippen LogP contribution in [0.2, 0.25) is 0 Å². The van der Waals surface area contributed by atoms with Gasteiger partial charge in [0.2, 0.25) is 0 Å². The molecule has 3 atom stereocenters. The van der Waals surface area contributed by atoms with Crippen molar-refractivity contribution in [3.8, 4) is 0 Å². The van der Waals surface area contributed by atoms with Crippen LogP contribution in [0.15, 0.2) is 29.2 Å². The summed E-state index contributed by atoms with van der Waals surface area (Å²) in [4.78, 5) is 0.112. The molecule has 116 valence electrons. The molecule has 1 aromatic carbocycles. The Morgan fingerprint density at radius 1 is 1.25 bits per heavy atom. The van der Waals surface area contributed by atoms with E-state index in [0.717, 1.165) is 6.42 Å². The van der Waals surface area contributed by atoms with Crippen LogP contribution in [-0.2, 0) is 0 Å². The molecular formula is C13H19ClF3NOS. The minimum Gasteiger partial charge on any atom is -0.391 e. The summed E-state index contributed by atoms with van der Waals surface area (Å²) in [5, 5.41) is 9.99. The van der Waals surface area contributed by atoms with Crippen molar-refractivity contribution >= 4 is 24.2 Å². The normalized spacial score (nSPS) is 16.1. The number of alkyl halides is 3. The number of benzene rings is 1. The van der Waals surface area contributed by atoms with Crippen LogP contribution in [0.5, 0.6) is 0 Å². The van der Waals surface area contributed by atoms with Crippen LogP contribution >= 0.6 is 24.2 Å². The zero-order valence-electron chi connectivity index (χ0n) is 11.2. The molecule has 0 bridgehead atoms. The molecule has 2 nitrogen and oxygen atoms in total. The smallest absolute Gasteiger partial charge is 0.391 e. The molecule has 0 aromatic heterocycles. The maximum Gasteiger partial charge on any atom is 0.446 e. The standard InChI is InChI=1S/C13H18F3NOS.ClH/c1-3-8(2)12(18)11(17)9-4-6-10(7-5-9)19-13(14,15)16;/h4-8,11-12,18H,3,17H2,1-2H3;1H/t8?,11-,12+;/m0./s1. The first-order chi connectivity index (χ1) is 8.74. The third-order valence-electron chi connectivity index (χ3n) is 3.09. The summed E-state index contributed by atoms with van der Waals surface area (Å²) in [5.74, 6) is 0.0410. The van der Waals surface area contributed by atoms with E-state index in [0.29, 0.717) is 5.56 Å². The summed E-state index contributed by atoms with van der Waals surface area (Å²) in [7, 11) is 0. The van der Waals surface area contributed by atoms with Gasteiger partial charge in [0.05, 0.1) is 12.1 Å². The van der Waals surface area contributed by atoms with Crippen molar-refractivity contribution in [2.24, 2.45) is 11.7 Å². The molecule has 0 aliphatic carbocycles. The molecule has 0 saturated carbocycles. The lowest BCUT2D eigenvalue weighted by atomic mass is 9.92. The number of nitrogens with two attached hydrogens (primary N) is 1. The van der Waals surface area contributed by atoms with Crippen LogP contribution in [0.3, 0.4) is 0 Å². The van der Waals surface area contributed by atoms with E-state index in [1.807, 2.05) is 13.8 Å². The van der Waals surface area contributed by atoms with Gasteiger partial charge in [-0.2, -0.15) is 13.2 Å². The number of aliphatic hydroxyl groups excluding tert-OH is 1. The Hall–Kier alpha value is -0.430. The zero-order valence-corrected chi connectivity index (χ0v) is 12.9. The van der Waals surface area contributed by atoms with Gasteiger partial charge in [0.1, 0.15) is 0 Å². The average Bonchev–Trinajstić information content (AvgIpc) is 2.35. The molecule has 0 fully saturated rings. The number of rotatable bonds is 5. The Morgan fingerprint density at radius 3 is 2.15 bits per heavy atom. The fourth-order valence-electron chi connectivity index (χ4n) is 1.68. The summed E-state index contributed by atoms with van der Waals surface area (Å²) in [6.45, 7) is 3.84. The highest BCUT2D eigenvalue weighted by Gasteiger charge is 2.29. The molecule has 0 saturated heterocycles. The Kier molecular flexibility index (Phi) is 7.95. The number of hydrogen-bond acceptors (Lipinski definition) is 3. The Bertz CT molecular complexity index is 400. The zero-order chi connectivity index (χ0) is 14.6. The van der Waals surface area contributed by atoms with Gasteiger partial charge in [-0.1, -0.05) is 32.4 Å². The fourth-order valence-corrected chi connectivity index (χ4v) is 2.22. The number of hydrogen-bond donors (Lipinski definition) is 2. The maximum atomic E-state index is 12.2. The van der Waals surface area contributed by atoms with Gasteiger partial charge in [-0.05, 0) is 35.4 Å². The molecule has 0 heterocycles. The molecule has 0 spiro atoms. The SMILES string of the molecule is CCC(C)[C@@H](O)[C@@H](N)c1ccc(SC(F)(F)F)cc1.Cl. The van der Waals surface area contributed by atoms with Crippen LogP contribution in [0.25, 0.3) is 0 Å². The lowest BCUT2D eigenvalue weighted by molar-refractivity contribution is -0.0328. The Morgan fingerprint density at radius 2 is 1.75 bits per heavy atom. The average molecular weight is 330 g/mol. The molecule has 0 amide bonds. The van der Waals surface area contributed by atoms with Gasteiger partial charge < -0.3 is 10.8 Å². The van der Waals surface area contributed by atoms with E-state index in [4.69, 9.17) is 5.73 Å². The molecule has 1 unspecified atom stereocenters. The topological polar surface area (TPSA) is 46.2 Å². The van der Waals surface area contributed by atoms with Gasteiger partial charge in [-0.3, -0.25) is 0 Å². The van der Waals surface area contributed by atoms with Crippen LogP contribution in [0.1, 0.15) is 31.9 Å². The summed E-state index contributed by atoms with van der Waals surface area (Å²) in [5.41, 5.74) is 2.26. The van der Waals surface area contributed by atoms with Gasteiger partial charge in [0, 0.05) is 4.90 Å². The van der Waals surface area contributed by atoms with Gasteiger partial charge in [0.25, 0.3) is 0 Å². The first-order valence-corrected chi connectivity index (χ1v) is 6.85. The van der Waals surface area contributed by atoms with Crippen molar-refractivity contribution < 1.29 is 18.3 Å². The fraction of sp³-hybridized carbons (Fsp3) is 0.538. The second-order valence-corrected chi connectivity index (χ2v) is 5.66. The molecular weight excluding hydrogens is 311 g/mol. The molecule has 20 heavy (non-hydrogen) atoms. The minimum absolute atomic E-state index is 0. The van der Waals surface area contributed by atoms with Crippen LogP contribution < -0.4 is 5.73 Å². The Labute approximate surface area is 127 Å². The van der Waals surface area contributed by atoms with E-state index in [-0.39, 0.29) is 35.0 Å². The van der Waals surface area contributed by atoms with Crippen molar-refractivity contribution in [1.82, 2.24) is 0 Å². The molecule has 0 radical (unpaired) electrons. The van der Waals surface area contributed by atoms with Gasteiger partial charge in [0.15, 0.2) is 0 Å². The highest BCUT2D eigenvalue weighted by molar-refractivity contribution is 8.00. The molecule has 0 aliphatic rings. The number of thioether (sulfide) groups is 1. The van der Waals surface area contributed by atoms with Crippen molar-refractivity contribution in [2.75, 3.05) is 0 Å². The second kappa shape index (κ2) is 8.12. The molecule has 0 aliphatic heterocycles. The minimum atomic E-state index is -4.29. The monoisotopic (exact) mass is 329 g/mol. The highest BCUT2D eigenvalue weighted by Crippen LogP contribution is 2.37. The van der Waals surface area contributed by atoms with Crippen molar-refractivity contribution in [2.45, 2.75) is 42.8 Å². The molecule has 3 N–H and O–H groups in total. The predicted octanol–water partition coefficient (Wildman–Crippen LogP) is 4.13. The van der Waals surface area contributed by atoms with E-state index in [1.54, 1.807) is 0 Å². The van der Waals surface area contributed by atoms with E-state index < -0.39 is 17.7 Å². The maximum absolute atomic E-state index is 12.2. The summed E-state index contributed by atoms with van der Waals surface area (Å²) >= 11 is -0.163. The largest absolute Gasteiger partial charge is 0.446 e. The lowest BCUT2D eigenvalue weighted by Gasteiger charge is -2.24. The first kappa shape index (κ1) is 19.6. The molecule has 1 rings (SSSR count). The third-order valence-corrected chi connectivity index (χ3v) is 3.83. The quantitative estimate of drug-likeness (QED) is 0.798. The number of aliphatic hydroxyl groups is 1. The summed E-state index contributed by atoms with van der Waals surface area (Å²) in [6.07, 6.45) is 0.0859. The molecule has 1 aromatic rings. The Balaban J connectivity index is 0.00000361. The van der Waals surface area contributed by atoms with E-state index in [2.05, 4.69) is 0 Å². The van der Waals surface area contributed by atoms with Gasteiger partial charge >= 0.3 is 5.51 Å². The molecule has 7 heteroatoms.